The van der Waals surface area contributed by atoms with Crippen LogP contribution in [0.15, 0.2) is 24.3 Å². The summed E-state index contributed by atoms with van der Waals surface area (Å²) in [7, 11) is 0. The van der Waals surface area contributed by atoms with Gasteiger partial charge in [-0.1, -0.05) is 37.6 Å². The number of halogens is 1. The first kappa shape index (κ1) is 13.4. The van der Waals surface area contributed by atoms with Crippen LogP contribution in [0.2, 0.25) is 5.02 Å². The predicted molar refractivity (Wildman–Crippen MR) is 69.9 cm³/mol. The van der Waals surface area contributed by atoms with Crippen LogP contribution in [-0.2, 0) is 14.9 Å². The Morgan fingerprint density at radius 1 is 1.33 bits per heavy atom. The second kappa shape index (κ2) is 4.90. The molecule has 4 heteroatoms. The molecule has 1 N–H and O–H groups in total. The maximum atomic E-state index is 11.5. The fourth-order valence-electron chi connectivity index (χ4n) is 2.79. The molecule has 1 aromatic carbocycles. The number of benzene rings is 1. The van der Waals surface area contributed by atoms with E-state index in [0.29, 0.717) is 18.2 Å². The number of aliphatic carboxylic acids is 1. The predicted octanol–water partition coefficient (Wildman–Crippen LogP) is 2.96. The number of rotatable bonds is 4. The van der Waals surface area contributed by atoms with Crippen molar-refractivity contribution in [2.24, 2.45) is 11.8 Å². The topological polar surface area (TPSA) is 46.5 Å². The number of hydrogen-bond acceptors (Lipinski definition) is 2. The molecular weight excluding hydrogens is 252 g/mol. The van der Waals surface area contributed by atoms with E-state index in [9.17, 15) is 9.90 Å². The van der Waals surface area contributed by atoms with Crippen LogP contribution in [0, 0.1) is 11.8 Å². The van der Waals surface area contributed by atoms with Crippen molar-refractivity contribution in [1.82, 2.24) is 0 Å². The molecule has 0 bridgehead atoms. The zero-order valence-electron chi connectivity index (χ0n) is 10.5. The van der Waals surface area contributed by atoms with E-state index in [0.717, 1.165) is 5.56 Å². The standard InChI is InChI=1S/C14H17ClO3/c1-9(2)12(13(16)17)14(7-18-8-14)10-3-5-11(15)6-4-10/h3-6,9,12H,7-8H2,1-2H3,(H,16,17). The number of carbonyl (C=O) groups is 1. The van der Waals surface area contributed by atoms with Gasteiger partial charge in [0, 0.05) is 5.02 Å². The molecule has 1 unspecified atom stereocenters. The van der Waals surface area contributed by atoms with Gasteiger partial charge in [0.25, 0.3) is 0 Å². The lowest BCUT2D eigenvalue weighted by atomic mass is 9.64. The van der Waals surface area contributed by atoms with Gasteiger partial charge >= 0.3 is 5.97 Å². The van der Waals surface area contributed by atoms with Crippen LogP contribution >= 0.6 is 11.6 Å². The zero-order valence-corrected chi connectivity index (χ0v) is 11.3. The average Bonchev–Trinajstić information content (AvgIpc) is 2.23. The number of carboxylic acid groups (broad SMARTS) is 1. The Balaban J connectivity index is 2.41. The Morgan fingerprint density at radius 3 is 2.22 bits per heavy atom. The van der Waals surface area contributed by atoms with E-state index in [1.54, 1.807) is 12.1 Å². The largest absolute Gasteiger partial charge is 0.481 e. The van der Waals surface area contributed by atoms with Gasteiger partial charge in [-0.05, 0) is 23.6 Å². The van der Waals surface area contributed by atoms with Crippen LogP contribution < -0.4 is 0 Å². The SMILES string of the molecule is CC(C)C(C(=O)O)C1(c2ccc(Cl)cc2)COC1. The Morgan fingerprint density at radius 2 is 1.89 bits per heavy atom. The molecule has 0 radical (unpaired) electrons. The summed E-state index contributed by atoms with van der Waals surface area (Å²) < 4.78 is 5.31. The Hall–Kier alpha value is -1.06. The molecule has 2 rings (SSSR count). The quantitative estimate of drug-likeness (QED) is 0.913. The minimum atomic E-state index is -0.761. The van der Waals surface area contributed by atoms with E-state index >= 15 is 0 Å². The number of carboxylic acids is 1. The van der Waals surface area contributed by atoms with Crippen molar-refractivity contribution in [3.63, 3.8) is 0 Å². The van der Waals surface area contributed by atoms with Gasteiger partial charge in [-0.3, -0.25) is 4.79 Å². The minimum Gasteiger partial charge on any atom is -0.481 e. The van der Waals surface area contributed by atoms with Gasteiger partial charge in [0.05, 0.1) is 24.5 Å². The highest BCUT2D eigenvalue weighted by Gasteiger charge is 2.51. The molecule has 1 saturated heterocycles. The molecule has 1 aliphatic rings. The number of ether oxygens (including phenoxy) is 1. The van der Waals surface area contributed by atoms with Gasteiger partial charge in [0.15, 0.2) is 0 Å². The second-order valence-electron chi connectivity index (χ2n) is 5.22. The normalized spacial score (nSPS) is 19.3. The first-order valence-electron chi connectivity index (χ1n) is 6.04. The molecule has 0 aliphatic carbocycles. The van der Waals surface area contributed by atoms with Gasteiger partial charge in [0.2, 0.25) is 0 Å². The van der Waals surface area contributed by atoms with Crippen LogP contribution in [0.25, 0.3) is 0 Å². The van der Waals surface area contributed by atoms with Gasteiger partial charge in [0.1, 0.15) is 0 Å². The summed E-state index contributed by atoms with van der Waals surface area (Å²) >= 11 is 5.88. The van der Waals surface area contributed by atoms with Crippen LogP contribution in [0.1, 0.15) is 19.4 Å². The molecule has 1 aliphatic heterocycles. The van der Waals surface area contributed by atoms with Gasteiger partial charge in [-0.25, -0.2) is 0 Å². The van der Waals surface area contributed by atoms with E-state index < -0.39 is 17.3 Å². The monoisotopic (exact) mass is 268 g/mol. The molecule has 1 aromatic rings. The molecule has 18 heavy (non-hydrogen) atoms. The van der Waals surface area contributed by atoms with Crippen molar-refractivity contribution in [3.05, 3.63) is 34.9 Å². The Labute approximate surface area is 112 Å². The Bertz CT molecular complexity index is 435. The van der Waals surface area contributed by atoms with E-state index in [1.807, 2.05) is 26.0 Å². The van der Waals surface area contributed by atoms with Crippen LogP contribution in [0.5, 0.6) is 0 Å². The molecule has 0 aromatic heterocycles. The van der Waals surface area contributed by atoms with Crippen molar-refractivity contribution in [2.75, 3.05) is 13.2 Å². The summed E-state index contributed by atoms with van der Waals surface area (Å²) in [5.41, 5.74) is 0.587. The summed E-state index contributed by atoms with van der Waals surface area (Å²) in [6.07, 6.45) is 0. The minimum absolute atomic E-state index is 0.0575. The van der Waals surface area contributed by atoms with Gasteiger partial charge < -0.3 is 9.84 Å². The molecule has 3 nitrogen and oxygen atoms in total. The smallest absolute Gasteiger partial charge is 0.307 e. The third-order valence-corrected chi connectivity index (χ3v) is 3.92. The van der Waals surface area contributed by atoms with E-state index in [1.165, 1.54) is 0 Å². The summed E-state index contributed by atoms with van der Waals surface area (Å²) in [6.45, 7) is 4.80. The van der Waals surface area contributed by atoms with Crippen LogP contribution in [0.4, 0.5) is 0 Å². The summed E-state index contributed by atoms with van der Waals surface area (Å²) in [5, 5.41) is 10.1. The molecule has 0 saturated carbocycles. The van der Waals surface area contributed by atoms with Gasteiger partial charge in [-0.15, -0.1) is 0 Å². The van der Waals surface area contributed by atoms with E-state index in [2.05, 4.69) is 0 Å². The lowest BCUT2D eigenvalue weighted by molar-refractivity contribution is -0.161. The first-order chi connectivity index (χ1) is 8.47. The highest BCUT2D eigenvalue weighted by Crippen LogP contribution is 2.43. The molecule has 1 heterocycles. The number of hydrogen-bond donors (Lipinski definition) is 1. The lowest BCUT2D eigenvalue weighted by Crippen LogP contribution is -2.56. The summed E-state index contributed by atoms with van der Waals surface area (Å²) in [4.78, 5) is 11.5. The van der Waals surface area contributed by atoms with Crippen molar-refractivity contribution in [3.8, 4) is 0 Å². The molecule has 1 atom stereocenters. The van der Waals surface area contributed by atoms with E-state index in [-0.39, 0.29) is 5.92 Å². The highest BCUT2D eigenvalue weighted by molar-refractivity contribution is 6.30. The van der Waals surface area contributed by atoms with Crippen molar-refractivity contribution in [2.45, 2.75) is 19.3 Å². The summed E-state index contributed by atoms with van der Waals surface area (Å²) in [5.74, 6) is -1.14. The highest BCUT2D eigenvalue weighted by atomic mass is 35.5. The van der Waals surface area contributed by atoms with Crippen molar-refractivity contribution < 1.29 is 14.6 Å². The average molecular weight is 269 g/mol. The first-order valence-corrected chi connectivity index (χ1v) is 6.42. The maximum absolute atomic E-state index is 11.5. The van der Waals surface area contributed by atoms with Crippen molar-refractivity contribution in [1.29, 1.82) is 0 Å². The Kier molecular flexibility index (Phi) is 3.64. The lowest BCUT2D eigenvalue weighted by Gasteiger charge is -2.47. The molecule has 98 valence electrons. The van der Waals surface area contributed by atoms with Crippen LogP contribution in [-0.4, -0.2) is 24.3 Å². The second-order valence-corrected chi connectivity index (χ2v) is 5.65. The van der Waals surface area contributed by atoms with Gasteiger partial charge in [-0.2, -0.15) is 0 Å². The fourth-order valence-corrected chi connectivity index (χ4v) is 2.92. The van der Waals surface area contributed by atoms with Crippen LogP contribution in [0.3, 0.4) is 0 Å². The third-order valence-electron chi connectivity index (χ3n) is 3.67. The molecule has 1 fully saturated rings. The molecule has 0 amide bonds. The summed E-state index contributed by atoms with van der Waals surface area (Å²) in [6, 6.07) is 7.42. The molecule has 0 spiro atoms. The van der Waals surface area contributed by atoms with E-state index in [4.69, 9.17) is 16.3 Å². The van der Waals surface area contributed by atoms with Crippen molar-refractivity contribution >= 4 is 17.6 Å². The molecular formula is C14H17ClO3. The fraction of sp³-hybridized carbons (Fsp3) is 0.500. The third kappa shape index (κ3) is 2.13. The maximum Gasteiger partial charge on any atom is 0.307 e. The zero-order chi connectivity index (χ0) is 13.3.